The van der Waals surface area contributed by atoms with E-state index in [4.69, 9.17) is 9.47 Å². The number of methoxy groups -OCH3 is 2. The lowest BCUT2D eigenvalue weighted by Crippen LogP contribution is -2.34. The van der Waals surface area contributed by atoms with Gasteiger partial charge in [0.1, 0.15) is 6.54 Å². The van der Waals surface area contributed by atoms with Gasteiger partial charge in [-0.15, -0.1) is 0 Å². The first kappa shape index (κ1) is 19.2. The zero-order valence-corrected chi connectivity index (χ0v) is 15.7. The van der Waals surface area contributed by atoms with Gasteiger partial charge in [0, 0.05) is 6.54 Å². The van der Waals surface area contributed by atoms with E-state index in [-0.39, 0.29) is 12.5 Å². The van der Waals surface area contributed by atoms with E-state index in [1.807, 2.05) is 24.3 Å². The molecule has 9 heteroatoms. The molecule has 0 saturated heterocycles. The Morgan fingerprint density at radius 2 is 1.79 bits per heavy atom. The van der Waals surface area contributed by atoms with E-state index in [0.717, 1.165) is 14.9 Å². The van der Waals surface area contributed by atoms with Gasteiger partial charge in [0.05, 0.1) is 19.9 Å². The first-order chi connectivity index (χ1) is 13.6. The number of nitrogens with zero attached hydrogens (tertiary/aromatic N) is 4. The second kappa shape index (κ2) is 8.85. The maximum absolute atomic E-state index is 12.3. The minimum Gasteiger partial charge on any atom is -0.493 e. The van der Waals surface area contributed by atoms with Crippen LogP contribution < -0.4 is 20.5 Å². The molecule has 0 saturated carbocycles. The van der Waals surface area contributed by atoms with Crippen molar-refractivity contribution in [2.75, 3.05) is 20.8 Å². The summed E-state index contributed by atoms with van der Waals surface area (Å²) in [6, 6.07) is 14.5. The van der Waals surface area contributed by atoms with Crippen molar-refractivity contribution < 1.29 is 14.3 Å². The van der Waals surface area contributed by atoms with Gasteiger partial charge in [-0.3, -0.25) is 4.79 Å². The second-order valence-electron chi connectivity index (χ2n) is 5.96. The first-order valence-corrected chi connectivity index (χ1v) is 8.68. The normalized spacial score (nSPS) is 10.5. The van der Waals surface area contributed by atoms with Gasteiger partial charge in [-0.2, -0.15) is 9.36 Å². The molecule has 9 nitrogen and oxygen atoms in total. The Hall–Kier alpha value is -3.62. The number of hydrogen-bond donors (Lipinski definition) is 1. The number of aromatic nitrogens is 4. The van der Waals surface area contributed by atoms with Crippen LogP contribution in [0.5, 0.6) is 11.5 Å². The van der Waals surface area contributed by atoms with Crippen molar-refractivity contribution in [3.63, 3.8) is 0 Å². The highest BCUT2D eigenvalue weighted by Gasteiger charge is 2.12. The Labute approximate surface area is 161 Å². The molecule has 0 aliphatic carbocycles. The average Bonchev–Trinajstić information content (AvgIpc) is 3.08. The minimum absolute atomic E-state index is 0.197. The topological polar surface area (TPSA) is 100 Å². The molecule has 146 valence electrons. The van der Waals surface area contributed by atoms with Crippen molar-refractivity contribution >= 4 is 5.91 Å². The number of carbonyl (C=O) groups excluding carboxylic acids is 1. The summed E-state index contributed by atoms with van der Waals surface area (Å²) in [5.41, 5.74) is 1.11. The molecule has 0 aliphatic heterocycles. The highest BCUT2D eigenvalue weighted by molar-refractivity contribution is 5.75. The van der Waals surface area contributed by atoms with Crippen molar-refractivity contribution in [2.24, 2.45) is 0 Å². The summed E-state index contributed by atoms with van der Waals surface area (Å²) < 4.78 is 12.6. The summed E-state index contributed by atoms with van der Waals surface area (Å²) in [7, 11) is 3.15. The molecule has 1 N–H and O–H groups in total. The fraction of sp³-hybridized carbons (Fsp3) is 0.263. The lowest BCUT2D eigenvalue weighted by molar-refractivity contribution is -0.121. The second-order valence-corrected chi connectivity index (χ2v) is 5.96. The van der Waals surface area contributed by atoms with E-state index in [1.165, 1.54) is 0 Å². The number of nitrogens with one attached hydrogen (secondary N) is 1. The molecule has 1 aromatic heterocycles. The maximum atomic E-state index is 12.3. The smallest absolute Gasteiger partial charge is 0.368 e. The van der Waals surface area contributed by atoms with Gasteiger partial charge in [0.15, 0.2) is 11.5 Å². The van der Waals surface area contributed by atoms with E-state index in [2.05, 4.69) is 15.7 Å². The van der Waals surface area contributed by atoms with Crippen molar-refractivity contribution in [1.82, 2.24) is 25.1 Å². The van der Waals surface area contributed by atoms with E-state index in [9.17, 15) is 9.59 Å². The lowest BCUT2D eigenvalue weighted by Gasteiger charge is -2.10. The van der Waals surface area contributed by atoms with Gasteiger partial charge in [-0.25, -0.2) is 4.79 Å². The molecule has 2 aromatic carbocycles. The van der Waals surface area contributed by atoms with E-state index in [0.29, 0.717) is 30.2 Å². The number of ether oxygens (including phenoxy) is 2. The fourth-order valence-electron chi connectivity index (χ4n) is 2.68. The predicted octanol–water partition coefficient (Wildman–Crippen LogP) is 0.805. The molecular formula is C19H21N5O4. The number of rotatable bonds is 8. The quantitative estimate of drug-likeness (QED) is 0.618. The number of hydrogen-bond acceptors (Lipinski definition) is 6. The molecule has 0 radical (unpaired) electrons. The Bertz CT molecular complexity index is 997. The third-order valence-electron chi connectivity index (χ3n) is 4.12. The standard InChI is InChI=1S/C19H21N5O4/c1-27-16-9-8-14(12-17(16)28-2)10-11-20-18(25)13-23-19(26)24(22-21-23)15-6-4-3-5-7-15/h3-9,12H,10-11,13H2,1-2H3,(H,20,25). The number of amides is 1. The molecule has 0 aliphatic rings. The predicted molar refractivity (Wildman–Crippen MR) is 102 cm³/mol. The van der Waals surface area contributed by atoms with Crippen LogP contribution in [0.4, 0.5) is 0 Å². The molecule has 0 bridgehead atoms. The van der Waals surface area contributed by atoms with Gasteiger partial charge in [-0.1, -0.05) is 24.3 Å². The monoisotopic (exact) mass is 383 g/mol. The summed E-state index contributed by atoms with van der Waals surface area (Å²) in [4.78, 5) is 24.5. The lowest BCUT2D eigenvalue weighted by atomic mass is 10.1. The third kappa shape index (κ3) is 4.37. The fourth-order valence-corrected chi connectivity index (χ4v) is 2.68. The summed E-state index contributed by atoms with van der Waals surface area (Å²) in [6.45, 7) is 0.216. The van der Waals surface area contributed by atoms with Crippen LogP contribution in [0.15, 0.2) is 53.3 Å². The Kier molecular flexibility index (Phi) is 6.05. The molecule has 0 fully saturated rings. The van der Waals surface area contributed by atoms with Gasteiger partial charge < -0.3 is 14.8 Å². The molecule has 0 atom stereocenters. The van der Waals surface area contributed by atoms with Crippen LogP contribution >= 0.6 is 0 Å². The number of tetrazole rings is 1. The SMILES string of the molecule is COc1ccc(CCNC(=O)Cn2nnn(-c3ccccc3)c2=O)cc1OC. The van der Waals surface area contributed by atoms with Gasteiger partial charge in [0.25, 0.3) is 0 Å². The number of carbonyl (C=O) groups is 1. The molecule has 0 spiro atoms. The van der Waals surface area contributed by atoms with E-state index >= 15 is 0 Å². The highest BCUT2D eigenvalue weighted by atomic mass is 16.5. The van der Waals surface area contributed by atoms with Crippen molar-refractivity contribution in [1.29, 1.82) is 0 Å². The number of benzene rings is 2. The highest BCUT2D eigenvalue weighted by Crippen LogP contribution is 2.27. The summed E-state index contributed by atoms with van der Waals surface area (Å²) in [6.07, 6.45) is 0.609. The summed E-state index contributed by atoms with van der Waals surface area (Å²) in [5.74, 6) is 0.967. The minimum atomic E-state index is -0.471. The molecule has 3 aromatic rings. The Morgan fingerprint density at radius 3 is 2.50 bits per heavy atom. The van der Waals surface area contributed by atoms with Crippen molar-refractivity contribution in [3.8, 4) is 17.2 Å². The van der Waals surface area contributed by atoms with Crippen LogP contribution in [0.3, 0.4) is 0 Å². The van der Waals surface area contributed by atoms with E-state index < -0.39 is 5.69 Å². The average molecular weight is 383 g/mol. The molecule has 3 rings (SSSR count). The summed E-state index contributed by atoms with van der Waals surface area (Å²) >= 11 is 0. The molecule has 1 amide bonds. The zero-order chi connectivity index (χ0) is 19.9. The van der Waals surface area contributed by atoms with Gasteiger partial charge >= 0.3 is 5.69 Å². The first-order valence-electron chi connectivity index (χ1n) is 8.68. The van der Waals surface area contributed by atoms with Crippen LogP contribution in [0, 0.1) is 0 Å². The Morgan fingerprint density at radius 1 is 1.04 bits per heavy atom. The maximum Gasteiger partial charge on any atom is 0.368 e. The molecular weight excluding hydrogens is 362 g/mol. The number of para-hydroxylation sites is 1. The van der Waals surface area contributed by atoms with Crippen molar-refractivity contribution in [2.45, 2.75) is 13.0 Å². The largest absolute Gasteiger partial charge is 0.493 e. The third-order valence-corrected chi connectivity index (χ3v) is 4.12. The van der Waals surface area contributed by atoms with Gasteiger partial charge in [0.2, 0.25) is 5.91 Å². The molecule has 0 unspecified atom stereocenters. The van der Waals surface area contributed by atoms with Crippen LogP contribution in [-0.4, -0.2) is 46.5 Å². The van der Waals surface area contributed by atoms with E-state index in [1.54, 1.807) is 38.5 Å². The van der Waals surface area contributed by atoms with Crippen LogP contribution in [0.1, 0.15) is 5.56 Å². The Balaban J connectivity index is 1.55. The van der Waals surface area contributed by atoms with Crippen LogP contribution in [0.25, 0.3) is 5.69 Å². The van der Waals surface area contributed by atoms with Crippen molar-refractivity contribution in [3.05, 3.63) is 64.6 Å². The zero-order valence-electron chi connectivity index (χ0n) is 15.7. The summed E-state index contributed by atoms with van der Waals surface area (Å²) in [5, 5.41) is 10.4. The van der Waals surface area contributed by atoms with Gasteiger partial charge in [-0.05, 0) is 46.7 Å². The molecule has 28 heavy (non-hydrogen) atoms. The van der Waals surface area contributed by atoms with Crippen LogP contribution in [-0.2, 0) is 17.8 Å². The molecule has 1 heterocycles. The van der Waals surface area contributed by atoms with Crippen LogP contribution in [0.2, 0.25) is 0 Å².